The molecule has 37 heavy (non-hydrogen) atoms. The zero-order chi connectivity index (χ0) is 25.8. The number of aryl methyl sites for hydroxylation is 1. The van der Waals surface area contributed by atoms with E-state index in [2.05, 4.69) is 41.8 Å². The molecule has 2 fully saturated rings. The number of amides is 2. The minimum absolute atomic E-state index is 0.0271. The summed E-state index contributed by atoms with van der Waals surface area (Å²) in [4.78, 5) is 39.5. The largest absolute Gasteiger partial charge is 0.340 e. The molecule has 4 heterocycles. The number of benzene rings is 1. The summed E-state index contributed by atoms with van der Waals surface area (Å²) in [7, 11) is 0. The van der Waals surface area contributed by atoms with Crippen molar-refractivity contribution in [3.05, 3.63) is 56.8 Å². The van der Waals surface area contributed by atoms with Gasteiger partial charge in [-0.3, -0.25) is 9.59 Å². The predicted molar refractivity (Wildman–Crippen MR) is 151 cm³/mol. The highest BCUT2D eigenvalue weighted by Gasteiger charge is 2.29. The standard InChI is InChI=1S/C26H30BrN7O2S/c1-17-13-23(30-19-4-6-20(7-5-19)31-24(35)15-21-14-18(27)16-37-21)32-26(29-17)34-11-9-33(10-12-34)25(36)22-3-2-8-28-22/h4-7,13-14,16,22,28H,2-3,8-12,15H2,1H3,(H,31,35)(H,29,30,32). The van der Waals surface area contributed by atoms with Crippen LogP contribution in [-0.2, 0) is 16.0 Å². The third-order valence-corrected chi connectivity index (χ3v) is 8.17. The number of halogens is 1. The molecule has 0 spiro atoms. The smallest absolute Gasteiger partial charge is 0.239 e. The molecule has 3 N–H and O–H groups in total. The Hall–Kier alpha value is -3.02. The summed E-state index contributed by atoms with van der Waals surface area (Å²) in [6.45, 7) is 5.64. The number of aromatic nitrogens is 2. The van der Waals surface area contributed by atoms with Crippen molar-refractivity contribution in [2.24, 2.45) is 0 Å². The molecule has 9 nitrogen and oxygen atoms in total. The summed E-state index contributed by atoms with van der Waals surface area (Å²) in [6.07, 6.45) is 2.34. The number of thiophene rings is 1. The van der Waals surface area contributed by atoms with Crippen LogP contribution in [0.15, 0.2) is 46.3 Å². The Bertz CT molecular complexity index is 1250. The van der Waals surface area contributed by atoms with E-state index < -0.39 is 0 Å². The number of carbonyl (C=O) groups is 2. The molecule has 2 aromatic heterocycles. The van der Waals surface area contributed by atoms with Crippen LogP contribution in [0, 0.1) is 6.92 Å². The number of anilines is 4. The van der Waals surface area contributed by atoms with Crippen molar-refractivity contribution in [3.8, 4) is 0 Å². The van der Waals surface area contributed by atoms with E-state index in [0.717, 1.165) is 45.8 Å². The van der Waals surface area contributed by atoms with E-state index in [1.807, 2.05) is 53.6 Å². The van der Waals surface area contributed by atoms with Crippen molar-refractivity contribution in [2.75, 3.05) is 48.3 Å². The van der Waals surface area contributed by atoms with Crippen molar-refractivity contribution in [1.82, 2.24) is 20.2 Å². The van der Waals surface area contributed by atoms with E-state index in [1.165, 1.54) is 0 Å². The van der Waals surface area contributed by atoms with E-state index in [9.17, 15) is 9.59 Å². The number of hydrogen-bond donors (Lipinski definition) is 3. The molecular formula is C26H30BrN7O2S. The Morgan fingerprint density at radius 3 is 2.54 bits per heavy atom. The lowest BCUT2D eigenvalue weighted by Gasteiger charge is -2.36. The first kappa shape index (κ1) is 25.6. The summed E-state index contributed by atoms with van der Waals surface area (Å²) in [6, 6.07) is 11.4. The van der Waals surface area contributed by atoms with Crippen LogP contribution in [0.3, 0.4) is 0 Å². The van der Waals surface area contributed by atoms with Crippen LogP contribution in [0.1, 0.15) is 23.4 Å². The minimum Gasteiger partial charge on any atom is -0.340 e. The average molecular weight is 585 g/mol. The van der Waals surface area contributed by atoms with Gasteiger partial charge in [-0.15, -0.1) is 11.3 Å². The van der Waals surface area contributed by atoms with Gasteiger partial charge in [0.2, 0.25) is 17.8 Å². The van der Waals surface area contributed by atoms with Crippen LogP contribution in [0.2, 0.25) is 0 Å². The number of carbonyl (C=O) groups excluding carboxylic acids is 2. The number of nitrogens with zero attached hydrogens (tertiary/aromatic N) is 4. The molecule has 0 bridgehead atoms. The zero-order valence-corrected chi connectivity index (χ0v) is 23.1. The fraction of sp³-hybridized carbons (Fsp3) is 0.385. The minimum atomic E-state index is -0.0487. The highest BCUT2D eigenvalue weighted by atomic mass is 79.9. The Kier molecular flexibility index (Phi) is 8.02. The summed E-state index contributed by atoms with van der Waals surface area (Å²) in [5.41, 5.74) is 2.47. The number of rotatable bonds is 7. The molecule has 2 saturated heterocycles. The number of nitrogens with one attached hydrogen (secondary N) is 3. The van der Waals surface area contributed by atoms with Crippen LogP contribution >= 0.6 is 27.3 Å². The molecule has 0 radical (unpaired) electrons. The molecule has 0 aliphatic carbocycles. The van der Waals surface area contributed by atoms with Gasteiger partial charge < -0.3 is 25.8 Å². The molecule has 1 aromatic carbocycles. The highest BCUT2D eigenvalue weighted by Crippen LogP contribution is 2.23. The fourth-order valence-electron chi connectivity index (χ4n) is 4.60. The van der Waals surface area contributed by atoms with Crippen molar-refractivity contribution < 1.29 is 9.59 Å². The van der Waals surface area contributed by atoms with Gasteiger partial charge in [-0.25, -0.2) is 4.98 Å². The normalized spacial score (nSPS) is 17.6. The Balaban J connectivity index is 1.16. The molecule has 2 aliphatic heterocycles. The van der Waals surface area contributed by atoms with Crippen LogP contribution in [0.25, 0.3) is 0 Å². The van der Waals surface area contributed by atoms with E-state index in [0.29, 0.717) is 44.4 Å². The fourth-order valence-corrected chi connectivity index (χ4v) is 6.05. The third kappa shape index (κ3) is 6.65. The van der Waals surface area contributed by atoms with Gasteiger partial charge in [-0.2, -0.15) is 4.98 Å². The Labute approximate surface area is 228 Å². The molecule has 0 saturated carbocycles. The summed E-state index contributed by atoms with van der Waals surface area (Å²) in [5, 5.41) is 11.6. The van der Waals surface area contributed by atoms with Gasteiger partial charge in [0, 0.05) is 64.0 Å². The first-order valence-corrected chi connectivity index (χ1v) is 14.1. The highest BCUT2D eigenvalue weighted by molar-refractivity contribution is 9.10. The molecule has 5 rings (SSSR count). The summed E-state index contributed by atoms with van der Waals surface area (Å²) in [5.74, 6) is 1.53. The van der Waals surface area contributed by atoms with Gasteiger partial charge in [-0.1, -0.05) is 0 Å². The van der Waals surface area contributed by atoms with Gasteiger partial charge in [0.1, 0.15) is 5.82 Å². The number of piperazine rings is 1. The maximum atomic E-state index is 12.7. The van der Waals surface area contributed by atoms with Crippen LogP contribution in [0.4, 0.5) is 23.1 Å². The predicted octanol–water partition coefficient (Wildman–Crippen LogP) is 3.93. The first-order chi connectivity index (χ1) is 17.9. The number of hydrogen-bond acceptors (Lipinski definition) is 8. The molecule has 3 aromatic rings. The molecule has 11 heteroatoms. The lowest BCUT2D eigenvalue weighted by atomic mass is 10.2. The van der Waals surface area contributed by atoms with Crippen molar-refractivity contribution in [1.29, 1.82) is 0 Å². The maximum absolute atomic E-state index is 12.7. The quantitative estimate of drug-likeness (QED) is 0.387. The van der Waals surface area contributed by atoms with Crippen LogP contribution in [-0.4, -0.2) is 65.4 Å². The Morgan fingerprint density at radius 2 is 1.86 bits per heavy atom. The van der Waals surface area contributed by atoms with Gasteiger partial charge in [0.15, 0.2) is 0 Å². The molecule has 1 unspecified atom stereocenters. The van der Waals surface area contributed by atoms with Crippen molar-refractivity contribution in [3.63, 3.8) is 0 Å². The molecule has 2 amide bonds. The topological polar surface area (TPSA) is 102 Å². The van der Waals surface area contributed by atoms with E-state index in [4.69, 9.17) is 4.98 Å². The van der Waals surface area contributed by atoms with Gasteiger partial charge in [-0.05, 0) is 72.6 Å². The maximum Gasteiger partial charge on any atom is 0.239 e. The van der Waals surface area contributed by atoms with Gasteiger partial charge in [0.25, 0.3) is 0 Å². The van der Waals surface area contributed by atoms with Crippen LogP contribution < -0.4 is 20.9 Å². The second-order valence-electron chi connectivity index (χ2n) is 9.31. The second kappa shape index (κ2) is 11.6. The SMILES string of the molecule is Cc1cc(Nc2ccc(NC(=O)Cc3cc(Br)cs3)cc2)nc(N2CCN(C(=O)C3CCCN3)CC2)n1. The third-order valence-electron chi connectivity index (χ3n) is 6.47. The Morgan fingerprint density at radius 1 is 1.11 bits per heavy atom. The van der Waals surface area contributed by atoms with E-state index in [1.54, 1.807) is 11.3 Å². The van der Waals surface area contributed by atoms with Gasteiger partial charge >= 0.3 is 0 Å². The first-order valence-electron chi connectivity index (χ1n) is 12.5. The van der Waals surface area contributed by atoms with Crippen molar-refractivity contribution >= 4 is 62.2 Å². The van der Waals surface area contributed by atoms with Crippen molar-refractivity contribution in [2.45, 2.75) is 32.2 Å². The van der Waals surface area contributed by atoms with Crippen LogP contribution in [0.5, 0.6) is 0 Å². The van der Waals surface area contributed by atoms with Gasteiger partial charge in [0.05, 0.1) is 12.5 Å². The molecular weight excluding hydrogens is 554 g/mol. The lowest BCUT2D eigenvalue weighted by Crippen LogP contribution is -2.53. The summed E-state index contributed by atoms with van der Waals surface area (Å²) < 4.78 is 0.994. The second-order valence-corrected chi connectivity index (χ2v) is 11.2. The molecule has 1 atom stereocenters. The van der Waals surface area contributed by atoms with E-state index in [-0.39, 0.29) is 17.9 Å². The molecule has 2 aliphatic rings. The summed E-state index contributed by atoms with van der Waals surface area (Å²) >= 11 is 4.98. The monoisotopic (exact) mass is 583 g/mol. The lowest BCUT2D eigenvalue weighted by molar-refractivity contribution is -0.133. The average Bonchev–Trinajstić information content (AvgIpc) is 3.57. The zero-order valence-electron chi connectivity index (χ0n) is 20.7. The molecule has 194 valence electrons. The van der Waals surface area contributed by atoms with E-state index >= 15 is 0 Å².